The first-order chi connectivity index (χ1) is 13.1. The van der Waals surface area contributed by atoms with Gasteiger partial charge in [0.2, 0.25) is 0 Å². The maximum Gasteiger partial charge on any atom is 0.348 e. The summed E-state index contributed by atoms with van der Waals surface area (Å²) in [5.41, 5.74) is 1.38. The number of hydrogen-bond donors (Lipinski definition) is 0. The molecular formula is C23H29ClO2S. The Bertz CT molecular complexity index is 708. The Kier molecular flexibility index (Phi) is 9.65. The average molecular weight is 405 g/mol. The van der Waals surface area contributed by atoms with Gasteiger partial charge in [-0.1, -0.05) is 55.8 Å². The topological polar surface area (TPSA) is 26.3 Å². The van der Waals surface area contributed by atoms with E-state index in [1.165, 1.54) is 41.7 Å². The second-order valence-electron chi connectivity index (χ2n) is 6.80. The summed E-state index contributed by atoms with van der Waals surface area (Å²) in [6, 6.07) is 14.4. The molecule has 1 fully saturated rings. The molecular weight excluding hydrogens is 376 g/mol. The smallest absolute Gasteiger partial charge is 0.348 e. The molecule has 4 heteroatoms. The first-order valence-corrected chi connectivity index (χ1v) is 10.9. The minimum absolute atomic E-state index is 0.234. The SMILES string of the molecule is CCCc1ccc(C(=O)OC)s1.ClC1CCC(C=CCc2ccccc2)C1. The van der Waals surface area contributed by atoms with Gasteiger partial charge in [0.15, 0.2) is 0 Å². The summed E-state index contributed by atoms with van der Waals surface area (Å²) in [7, 11) is 1.40. The molecule has 27 heavy (non-hydrogen) atoms. The number of halogens is 1. The lowest BCUT2D eigenvalue weighted by molar-refractivity contribution is 0.0606. The Morgan fingerprint density at radius 3 is 2.63 bits per heavy atom. The van der Waals surface area contributed by atoms with Crippen LogP contribution in [0.2, 0.25) is 0 Å². The zero-order chi connectivity index (χ0) is 19.5. The third kappa shape index (κ3) is 7.90. The highest BCUT2D eigenvalue weighted by Crippen LogP contribution is 2.30. The number of hydrogen-bond acceptors (Lipinski definition) is 3. The fourth-order valence-electron chi connectivity index (χ4n) is 3.11. The summed E-state index contributed by atoms with van der Waals surface area (Å²) in [4.78, 5) is 13.0. The molecule has 0 N–H and O–H groups in total. The number of alkyl halides is 1. The molecule has 0 saturated heterocycles. The van der Waals surface area contributed by atoms with Gasteiger partial charge in [0.25, 0.3) is 0 Å². The number of rotatable bonds is 6. The van der Waals surface area contributed by atoms with Gasteiger partial charge in [-0.05, 0) is 55.7 Å². The molecule has 0 bridgehead atoms. The Balaban J connectivity index is 0.000000199. The second kappa shape index (κ2) is 12.0. The van der Waals surface area contributed by atoms with Crippen LogP contribution in [0.25, 0.3) is 0 Å². The van der Waals surface area contributed by atoms with Crippen LogP contribution in [0.5, 0.6) is 0 Å². The summed E-state index contributed by atoms with van der Waals surface area (Å²) >= 11 is 7.58. The number of thiophene rings is 1. The van der Waals surface area contributed by atoms with Crippen LogP contribution >= 0.6 is 22.9 Å². The van der Waals surface area contributed by atoms with E-state index in [-0.39, 0.29) is 5.97 Å². The van der Waals surface area contributed by atoms with Crippen molar-refractivity contribution in [1.82, 2.24) is 0 Å². The van der Waals surface area contributed by atoms with Gasteiger partial charge in [-0.3, -0.25) is 0 Å². The van der Waals surface area contributed by atoms with E-state index in [0.29, 0.717) is 10.3 Å². The van der Waals surface area contributed by atoms with Crippen molar-refractivity contribution in [1.29, 1.82) is 0 Å². The minimum Gasteiger partial charge on any atom is -0.465 e. The molecule has 1 aliphatic carbocycles. The third-order valence-corrected chi connectivity index (χ3v) is 6.08. The van der Waals surface area contributed by atoms with Crippen LogP contribution < -0.4 is 0 Å². The highest BCUT2D eigenvalue weighted by Gasteiger charge is 2.20. The first kappa shape index (κ1) is 21.7. The van der Waals surface area contributed by atoms with Gasteiger partial charge >= 0.3 is 5.97 Å². The van der Waals surface area contributed by atoms with Gasteiger partial charge in [-0.25, -0.2) is 4.79 Å². The Morgan fingerprint density at radius 1 is 1.22 bits per heavy atom. The predicted molar refractivity (Wildman–Crippen MR) is 116 cm³/mol. The number of methoxy groups -OCH3 is 1. The van der Waals surface area contributed by atoms with Crippen molar-refractivity contribution in [2.45, 2.75) is 50.8 Å². The van der Waals surface area contributed by atoms with Crippen LogP contribution in [0, 0.1) is 5.92 Å². The monoisotopic (exact) mass is 404 g/mol. The maximum atomic E-state index is 11.0. The van der Waals surface area contributed by atoms with E-state index in [1.54, 1.807) is 0 Å². The fraction of sp³-hybridized carbons (Fsp3) is 0.435. The number of benzene rings is 1. The summed E-state index contributed by atoms with van der Waals surface area (Å²) in [6.45, 7) is 2.12. The zero-order valence-electron chi connectivity index (χ0n) is 16.2. The number of esters is 1. The number of carbonyl (C=O) groups excluding carboxylic acids is 1. The van der Waals surface area contributed by atoms with Gasteiger partial charge in [0.1, 0.15) is 4.88 Å². The van der Waals surface area contributed by atoms with Gasteiger partial charge < -0.3 is 4.74 Å². The average Bonchev–Trinajstić information content (AvgIpc) is 3.32. The lowest BCUT2D eigenvalue weighted by atomic mass is 10.1. The molecule has 2 aromatic rings. The molecule has 0 aliphatic heterocycles. The molecule has 1 saturated carbocycles. The number of ether oxygens (including phenoxy) is 1. The molecule has 0 radical (unpaired) electrons. The van der Waals surface area contributed by atoms with E-state index in [9.17, 15) is 4.79 Å². The lowest BCUT2D eigenvalue weighted by Gasteiger charge is -2.01. The van der Waals surface area contributed by atoms with Crippen LogP contribution in [-0.4, -0.2) is 18.5 Å². The highest BCUT2D eigenvalue weighted by atomic mass is 35.5. The second-order valence-corrected chi connectivity index (χ2v) is 8.58. The molecule has 2 unspecified atom stereocenters. The van der Waals surface area contributed by atoms with Gasteiger partial charge in [-0.2, -0.15) is 0 Å². The maximum absolute atomic E-state index is 11.0. The summed E-state index contributed by atoms with van der Waals surface area (Å²) in [5.74, 6) is 0.485. The van der Waals surface area contributed by atoms with Crippen LogP contribution in [0.3, 0.4) is 0 Å². The standard InChI is InChI=1S/C14H17Cl.C9H12O2S/c15-14-10-9-13(11-14)8-4-7-12-5-2-1-3-6-12;1-3-4-7-5-6-8(12-7)9(10)11-2/h1-6,8,13-14H,7,9-11H2;5-6H,3-4H2,1-2H3. The van der Waals surface area contributed by atoms with Crippen LogP contribution in [-0.2, 0) is 17.6 Å². The molecule has 3 rings (SSSR count). The summed E-state index contributed by atoms with van der Waals surface area (Å²) in [6.07, 6.45) is 11.4. The molecule has 146 valence electrons. The summed E-state index contributed by atoms with van der Waals surface area (Å²) < 4.78 is 4.60. The number of allylic oxidation sites excluding steroid dienone is 2. The quantitative estimate of drug-likeness (QED) is 0.305. The highest BCUT2D eigenvalue weighted by molar-refractivity contribution is 7.13. The molecule has 1 aromatic heterocycles. The van der Waals surface area contributed by atoms with E-state index in [4.69, 9.17) is 11.6 Å². The van der Waals surface area contributed by atoms with E-state index in [1.807, 2.05) is 12.1 Å². The molecule has 1 aromatic carbocycles. The Hall–Kier alpha value is -1.58. The molecule has 0 amide bonds. The Labute approximate surface area is 172 Å². The Morgan fingerprint density at radius 2 is 2.00 bits per heavy atom. The molecule has 2 atom stereocenters. The van der Waals surface area contributed by atoms with Gasteiger partial charge in [-0.15, -0.1) is 22.9 Å². The van der Waals surface area contributed by atoms with Crippen LogP contribution in [0.15, 0.2) is 54.6 Å². The van der Waals surface area contributed by atoms with Crippen molar-refractivity contribution in [3.8, 4) is 0 Å². The first-order valence-electron chi connectivity index (χ1n) is 9.64. The lowest BCUT2D eigenvalue weighted by Crippen LogP contribution is -1.96. The van der Waals surface area contributed by atoms with E-state index in [0.717, 1.165) is 31.6 Å². The van der Waals surface area contributed by atoms with E-state index >= 15 is 0 Å². The van der Waals surface area contributed by atoms with Crippen molar-refractivity contribution in [3.63, 3.8) is 0 Å². The zero-order valence-corrected chi connectivity index (χ0v) is 17.8. The van der Waals surface area contributed by atoms with Gasteiger partial charge in [0, 0.05) is 10.3 Å². The predicted octanol–water partition coefficient (Wildman–Crippen LogP) is 6.68. The molecule has 1 heterocycles. The van der Waals surface area contributed by atoms with Gasteiger partial charge in [0.05, 0.1) is 7.11 Å². The van der Waals surface area contributed by atoms with E-state index in [2.05, 4.69) is 54.1 Å². The van der Waals surface area contributed by atoms with Crippen molar-refractivity contribution < 1.29 is 9.53 Å². The van der Waals surface area contributed by atoms with E-state index < -0.39 is 0 Å². The van der Waals surface area contributed by atoms with Crippen molar-refractivity contribution in [3.05, 3.63) is 69.9 Å². The van der Waals surface area contributed by atoms with Crippen molar-refractivity contribution in [2.75, 3.05) is 7.11 Å². The molecule has 2 nitrogen and oxygen atoms in total. The van der Waals surface area contributed by atoms with Crippen molar-refractivity contribution >= 4 is 28.9 Å². The fourth-order valence-corrected chi connectivity index (χ4v) is 4.50. The number of aryl methyl sites for hydroxylation is 1. The third-order valence-electron chi connectivity index (χ3n) is 4.56. The van der Waals surface area contributed by atoms with Crippen LogP contribution in [0.1, 0.15) is 52.7 Å². The summed E-state index contributed by atoms with van der Waals surface area (Å²) in [5, 5.41) is 0.413. The normalized spacial score (nSPS) is 18.9. The molecule has 1 aliphatic rings. The largest absolute Gasteiger partial charge is 0.465 e. The minimum atomic E-state index is -0.234. The molecule has 0 spiro atoms. The van der Waals surface area contributed by atoms with Crippen molar-refractivity contribution in [2.24, 2.45) is 5.92 Å². The number of carbonyl (C=O) groups is 1. The van der Waals surface area contributed by atoms with Crippen LogP contribution in [0.4, 0.5) is 0 Å².